The monoisotopic (exact) mass is 392 g/mol. The maximum Gasteiger partial charge on any atom is 0.226 e. The van der Waals surface area contributed by atoms with Crippen LogP contribution in [0, 0.1) is 0 Å². The zero-order chi connectivity index (χ0) is 19.3. The van der Waals surface area contributed by atoms with Gasteiger partial charge in [-0.2, -0.15) is 0 Å². The van der Waals surface area contributed by atoms with E-state index in [0.29, 0.717) is 19.6 Å². The summed E-state index contributed by atoms with van der Waals surface area (Å²) in [5, 5.41) is 4.92. The highest BCUT2D eigenvalue weighted by atomic mass is 32.1. The molecular weight excluding hydrogens is 372 g/mol. The first kappa shape index (κ1) is 18.2. The molecule has 0 aliphatic carbocycles. The summed E-state index contributed by atoms with van der Waals surface area (Å²) in [5.41, 5.74) is 3.80. The predicted molar refractivity (Wildman–Crippen MR) is 109 cm³/mol. The number of pyridine rings is 1. The molecule has 4 rings (SSSR count). The van der Waals surface area contributed by atoms with E-state index in [1.54, 1.807) is 12.4 Å². The fraction of sp³-hybridized carbons (Fsp3) is 0.190. The van der Waals surface area contributed by atoms with E-state index in [2.05, 4.69) is 15.3 Å². The lowest BCUT2D eigenvalue weighted by Gasteiger charge is -2.04. The third-order valence-corrected chi connectivity index (χ3v) is 5.19. The second-order valence-electron chi connectivity index (χ2n) is 6.28. The Bertz CT molecular complexity index is 1070. The molecule has 0 radical (unpaired) electrons. The van der Waals surface area contributed by atoms with Crippen LogP contribution >= 0.6 is 11.3 Å². The van der Waals surface area contributed by atoms with Gasteiger partial charge in [0.2, 0.25) is 5.91 Å². The molecule has 28 heavy (non-hydrogen) atoms. The first-order valence-electron chi connectivity index (χ1n) is 9.07. The lowest BCUT2D eigenvalue weighted by Crippen LogP contribution is -2.25. The summed E-state index contributed by atoms with van der Waals surface area (Å²) < 4.78 is 7.47. The molecule has 0 bridgehead atoms. The van der Waals surface area contributed by atoms with Gasteiger partial charge in [0.1, 0.15) is 5.75 Å². The fourth-order valence-electron chi connectivity index (χ4n) is 2.91. The zero-order valence-corrected chi connectivity index (χ0v) is 16.3. The minimum absolute atomic E-state index is 0.0279. The van der Waals surface area contributed by atoms with Crippen LogP contribution in [0.25, 0.3) is 16.2 Å². The van der Waals surface area contributed by atoms with Gasteiger partial charge in [-0.1, -0.05) is 6.07 Å². The van der Waals surface area contributed by atoms with Crippen LogP contribution < -0.4 is 10.1 Å². The van der Waals surface area contributed by atoms with Crippen LogP contribution in [0.4, 0.5) is 0 Å². The van der Waals surface area contributed by atoms with Gasteiger partial charge in [0.05, 0.1) is 18.7 Å². The maximum atomic E-state index is 12.3. The van der Waals surface area contributed by atoms with Gasteiger partial charge in [-0.3, -0.25) is 14.2 Å². The Balaban J connectivity index is 1.46. The van der Waals surface area contributed by atoms with Crippen LogP contribution in [0.2, 0.25) is 0 Å². The maximum absolute atomic E-state index is 12.3. The second kappa shape index (κ2) is 8.22. The molecule has 1 amide bonds. The van der Waals surface area contributed by atoms with Crippen molar-refractivity contribution in [1.29, 1.82) is 0 Å². The van der Waals surface area contributed by atoms with E-state index in [-0.39, 0.29) is 5.91 Å². The summed E-state index contributed by atoms with van der Waals surface area (Å²) >= 11 is 1.53. The normalized spacial score (nSPS) is 10.9. The largest absolute Gasteiger partial charge is 0.494 e. The van der Waals surface area contributed by atoms with Crippen molar-refractivity contribution >= 4 is 22.2 Å². The summed E-state index contributed by atoms with van der Waals surface area (Å²) in [7, 11) is 0. The molecule has 142 valence electrons. The van der Waals surface area contributed by atoms with Crippen LogP contribution in [0.15, 0.2) is 60.4 Å². The molecule has 0 saturated heterocycles. The molecular formula is C21H20N4O2S. The Kier molecular flexibility index (Phi) is 5.34. The molecule has 1 aromatic carbocycles. The number of amides is 1. The molecule has 0 spiro atoms. The molecule has 0 fully saturated rings. The number of fused-ring (bicyclic) bond motifs is 1. The van der Waals surface area contributed by atoms with Crippen molar-refractivity contribution in [2.75, 3.05) is 6.61 Å². The zero-order valence-electron chi connectivity index (χ0n) is 15.5. The summed E-state index contributed by atoms with van der Waals surface area (Å²) in [6.07, 6.45) is 5.75. The van der Waals surface area contributed by atoms with Crippen molar-refractivity contribution in [2.45, 2.75) is 19.9 Å². The second-order valence-corrected chi connectivity index (χ2v) is 7.11. The molecule has 0 saturated carbocycles. The quantitative estimate of drug-likeness (QED) is 0.521. The van der Waals surface area contributed by atoms with Gasteiger partial charge in [-0.25, -0.2) is 4.98 Å². The van der Waals surface area contributed by atoms with Gasteiger partial charge in [0.15, 0.2) is 4.96 Å². The van der Waals surface area contributed by atoms with E-state index < -0.39 is 0 Å². The van der Waals surface area contributed by atoms with Gasteiger partial charge >= 0.3 is 0 Å². The number of aromatic nitrogens is 3. The summed E-state index contributed by atoms with van der Waals surface area (Å²) in [4.78, 5) is 21.9. The number of imidazole rings is 1. The van der Waals surface area contributed by atoms with E-state index in [4.69, 9.17) is 4.74 Å². The third kappa shape index (κ3) is 4.04. The van der Waals surface area contributed by atoms with Crippen molar-refractivity contribution in [3.05, 3.63) is 71.6 Å². The SMILES string of the molecule is CCOc1ccc(-c2cn3c(CC(=O)NCc4cccnc4)csc3n2)cc1. The minimum atomic E-state index is -0.0279. The highest BCUT2D eigenvalue weighted by molar-refractivity contribution is 7.15. The number of nitrogens with zero attached hydrogens (tertiary/aromatic N) is 3. The van der Waals surface area contributed by atoms with Gasteiger partial charge in [0, 0.05) is 41.8 Å². The van der Waals surface area contributed by atoms with Crippen LogP contribution in [0.1, 0.15) is 18.2 Å². The molecule has 0 aliphatic rings. The lowest BCUT2D eigenvalue weighted by molar-refractivity contribution is -0.120. The summed E-state index contributed by atoms with van der Waals surface area (Å²) in [5.74, 6) is 0.818. The smallest absolute Gasteiger partial charge is 0.226 e. The van der Waals surface area contributed by atoms with Crippen LogP contribution in [-0.2, 0) is 17.8 Å². The third-order valence-electron chi connectivity index (χ3n) is 4.30. The Hall–Kier alpha value is -3.19. The Labute approximate surface area is 166 Å². The highest BCUT2D eigenvalue weighted by Crippen LogP contribution is 2.25. The van der Waals surface area contributed by atoms with Crippen molar-refractivity contribution in [2.24, 2.45) is 0 Å². The van der Waals surface area contributed by atoms with E-state index in [1.165, 1.54) is 11.3 Å². The first-order valence-corrected chi connectivity index (χ1v) is 9.95. The Morgan fingerprint density at radius 3 is 2.86 bits per heavy atom. The van der Waals surface area contributed by atoms with Gasteiger partial charge in [0.25, 0.3) is 0 Å². The minimum Gasteiger partial charge on any atom is -0.494 e. The van der Waals surface area contributed by atoms with Gasteiger partial charge in [-0.15, -0.1) is 11.3 Å². The Morgan fingerprint density at radius 1 is 1.25 bits per heavy atom. The predicted octanol–water partition coefficient (Wildman–Crippen LogP) is 3.72. The number of carbonyl (C=O) groups is 1. The number of benzene rings is 1. The molecule has 7 heteroatoms. The highest BCUT2D eigenvalue weighted by Gasteiger charge is 2.12. The van der Waals surface area contributed by atoms with Gasteiger partial charge < -0.3 is 10.1 Å². The molecule has 3 aromatic heterocycles. The van der Waals surface area contributed by atoms with E-state index >= 15 is 0 Å². The number of rotatable bonds is 7. The number of nitrogens with one attached hydrogen (secondary N) is 1. The number of ether oxygens (including phenoxy) is 1. The van der Waals surface area contributed by atoms with Gasteiger partial charge in [-0.05, 0) is 42.8 Å². The molecule has 3 heterocycles. The molecule has 0 unspecified atom stereocenters. The van der Waals surface area contributed by atoms with Crippen molar-refractivity contribution in [1.82, 2.24) is 19.7 Å². The van der Waals surface area contributed by atoms with E-state index in [0.717, 1.165) is 33.2 Å². The molecule has 1 N–H and O–H groups in total. The Morgan fingerprint density at radius 2 is 2.11 bits per heavy atom. The van der Waals surface area contributed by atoms with E-state index in [1.807, 2.05) is 59.3 Å². The van der Waals surface area contributed by atoms with Crippen molar-refractivity contribution in [3.63, 3.8) is 0 Å². The molecule has 0 aliphatic heterocycles. The number of hydrogen-bond donors (Lipinski definition) is 1. The fourth-order valence-corrected chi connectivity index (χ4v) is 3.79. The number of hydrogen-bond acceptors (Lipinski definition) is 5. The lowest BCUT2D eigenvalue weighted by atomic mass is 10.1. The summed E-state index contributed by atoms with van der Waals surface area (Å²) in [6.45, 7) is 3.08. The standard InChI is InChI=1S/C21H20N4O2S/c1-2-27-18-7-5-16(6-8-18)19-13-25-17(14-28-21(25)24-19)10-20(26)23-12-15-4-3-9-22-11-15/h3-9,11,13-14H,2,10,12H2,1H3,(H,23,26). The summed E-state index contributed by atoms with van der Waals surface area (Å²) in [6, 6.07) is 11.7. The molecule has 0 atom stereocenters. The first-order chi connectivity index (χ1) is 13.7. The van der Waals surface area contributed by atoms with Crippen molar-refractivity contribution in [3.8, 4) is 17.0 Å². The van der Waals surface area contributed by atoms with E-state index in [9.17, 15) is 4.79 Å². The average molecular weight is 392 g/mol. The van der Waals surface area contributed by atoms with Crippen LogP contribution in [-0.4, -0.2) is 26.9 Å². The van der Waals surface area contributed by atoms with Crippen LogP contribution in [0.5, 0.6) is 5.75 Å². The topological polar surface area (TPSA) is 68.5 Å². The average Bonchev–Trinajstić information content (AvgIpc) is 3.30. The van der Waals surface area contributed by atoms with Crippen LogP contribution in [0.3, 0.4) is 0 Å². The number of thiazole rings is 1. The molecule has 6 nitrogen and oxygen atoms in total. The van der Waals surface area contributed by atoms with Crippen molar-refractivity contribution < 1.29 is 9.53 Å². The molecule has 4 aromatic rings. The number of carbonyl (C=O) groups excluding carboxylic acids is 1.